The van der Waals surface area contributed by atoms with Crippen molar-refractivity contribution in [1.29, 1.82) is 0 Å². The summed E-state index contributed by atoms with van der Waals surface area (Å²) >= 11 is 0. The van der Waals surface area contributed by atoms with E-state index in [-0.39, 0.29) is 11.9 Å². The van der Waals surface area contributed by atoms with Crippen LogP contribution in [0.4, 0.5) is 0 Å². The summed E-state index contributed by atoms with van der Waals surface area (Å²) in [5.41, 5.74) is 0. The number of hydrogen-bond acceptors (Lipinski definition) is 2. The van der Waals surface area contributed by atoms with Crippen LogP contribution in [0.25, 0.3) is 0 Å². The van der Waals surface area contributed by atoms with E-state index in [1.165, 1.54) is 64.2 Å². The molecule has 0 unspecified atom stereocenters. The van der Waals surface area contributed by atoms with Gasteiger partial charge >= 0.3 is 5.97 Å². The molecular formula is C26H46O2. The Kier molecular flexibility index (Phi) is 11.9. The zero-order valence-corrected chi connectivity index (χ0v) is 18.8. The van der Waals surface area contributed by atoms with Gasteiger partial charge in [-0.05, 0) is 62.7 Å². The van der Waals surface area contributed by atoms with Gasteiger partial charge in [0.15, 0.2) is 0 Å². The highest BCUT2D eigenvalue weighted by Crippen LogP contribution is 2.34. The first-order chi connectivity index (χ1) is 13.7. The molecule has 2 nitrogen and oxygen atoms in total. The molecular weight excluding hydrogens is 344 g/mol. The third kappa shape index (κ3) is 9.14. The molecule has 0 radical (unpaired) electrons. The van der Waals surface area contributed by atoms with Gasteiger partial charge in [0.05, 0.1) is 12.5 Å². The average Bonchev–Trinajstić information content (AvgIpc) is 2.74. The normalized spacial score (nSPS) is 28.5. The van der Waals surface area contributed by atoms with Crippen molar-refractivity contribution >= 4 is 5.97 Å². The third-order valence-electron chi connectivity index (χ3n) is 7.18. The molecule has 0 spiro atoms. The van der Waals surface area contributed by atoms with Gasteiger partial charge < -0.3 is 4.74 Å². The zero-order valence-electron chi connectivity index (χ0n) is 18.8. The molecule has 28 heavy (non-hydrogen) atoms. The molecule has 0 aliphatic heterocycles. The molecule has 0 amide bonds. The number of unbranched alkanes of at least 4 members (excludes halogenated alkanes) is 3. The molecule has 2 rings (SSSR count). The largest absolute Gasteiger partial charge is 0.465 e. The van der Waals surface area contributed by atoms with Crippen molar-refractivity contribution in [1.82, 2.24) is 0 Å². The lowest BCUT2D eigenvalue weighted by Gasteiger charge is -2.28. The van der Waals surface area contributed by atoms with Gasteiger partial charge in [0.25, 0.3) is 0 Å². The number of ether oxygens (including phenoxy) is 1. The van der Waals surface area contributed by atoms with Crippen molar-refractivity contribution in [3.05, 3.63) is 12.2 Å². The van der Waals surface area contributed by atoms with Crippen molar-refractivity contribution < 1.29 is 9.53 Å². The zero-order chi connectivity index (χ0) is 20.0. The van der Waals surface area contributed by atoms with Crippen molar-refractivity contribution in [2.24, 2.45) is 23.7 Å². The van der Waals surface area contributed by atoms with Crippen LogP contribution in [0.1, 0.15) is 117 Å². The Morgan fingerprint density at radius 1 is 0.821 bits per heavy atom. The van der Waals surface area contributed by atoms with Gasteiger partial charge in [0.1, 0.15) is 0 Å². The van der Waals surface area contributed by atoms with Gasteiger partial charge in [-0.3, -0.25) is 4.79 Å². The molecule has 0 aromatic heterocycles. The molecule has 2 heteroatoms. The summed E-state index contributed by atoms with van der Waals surface area (Å²) in [6.07, 6.45) is 25.4. The van der Waals surface area contributed by atoms with Crippen LogP contribution in [-0.4, -0.2) is 12.6 Å². The van der Waals surface area contributed by atoms with Gasteiger partial charge in [0, 0.05) is 0 Å². The molecule has 0 aromatic carbocycles. The second-order valence-corrected chi connectivity index (χ2v) is 9.52. The first-order valence-electron chi connectivity index (χ1n) is 12.6. The smallest absolute Gasteiger partial charge is 0.308 e. The minimum atomic E-state index is 0.0630. The average molecular weight is 391 g/mol. The fourth-order valence-electron chi connectivity index (χ4n) is 5.11. The number of carbonyl (C=O) groups is 1. The topological polar surface area (TPSA) is 26.3 Å². The third-order valence-corrected chi connectivity index (χ3v) is 7.18. The standard InChI is InChI=1S/C26H46O2/c1-3-5-9-21-28-26(27)25-19-17-24(18-20-25)12-8-7-11-23-15-13-22(14-16-23)10-6-4-2/h8,12,22-25H,3-7,9-11,13-21H2,1-2H3/b12-8+. The number of allylic oxidation sites excluding steroid dienone is 2. The van der Waals surface area contributed by atoms with E-state index in [4.69, 9.17) is 4.74 Å². The first-order valence-corrected chi connectivity index (χ1v) is 12.6. The molecule has 0 bridgehead atoms. The van der Waals surface area contributed by atoms with Gasteiger partial charge in [-0.15, -0.1) is 0 Å². The lowest BCUT2D eigenvalue weighted by molar-refractivity contribution is -0.150. The van der Waals surface area contributed by atoms with Gasteiger partial charge in [-0.25, -0.2) is 0 Å². The van der Waals surface area contributed by atoms with Crippen LogP contribution in [0.2, 0.25) is 0 Å². The van der Waals surface area contributed by atoms with Crippen LogP contribution < -0.4 is 0 Å². The van der Waals surface area contributed by atoms with Crippen LogP contribution in [0.3, 0.4) is 0 Å². The van der Waals surface area contributed by atoms with Gasteiger partial charge in [0.2, 0.25) is 0 Å². The predicted octanol–water partition coefficient (Wildman–Crippen LogP) is 7.86. The molecule has 0 heterocycles. The summed E-state index contributed by atoms with van der Waals surface area (Å²) in [6, 6.07) is 0. The van der Waals surface area contributed by atoms with E-state index in [9.17, 15) is 4.79 Å². The van der Waals surface area contributed by atoms with Gasteiger partial charge in [-0.2, -0.15) is 0 Å². The summed E-state index contributed by atoms with van der Waals surface area (Å²) in [4.78, 5) is 12.1. The highest BCUT2D eigenvalue weighted by Gasteiger charge is 2.26. The maximum absolute atomic E-state index is 12.1. The highest BCUT2D eigenvalue weighted by atomic mass is 16.5. The van der Waals surface area contributed by atoms with Crippen molar-refractivity contribution in [2.45, 2.75) is 117 Å². The fourth-order valence-corrected chi connectivity index (χ4v) is 5.11. The van der Waals surface area contributed by atoms with Crippen LogP contribution >= 0.6 is 0 Å². The van der Waals surface area contributed by atoms with Crippen molar-refractivity contribution in [3.63, 3.8) is 0 Å². The van der Waals surface area contributed by atoms with E-state index in [1.807, 2.05) is 0 Å². The minimum Gasteiger partial charge on any atom is -0.465 e. The van der Waals surface area contributed by atoms with E-state index >= 15 is 0 Å². The molecule has 0 saturated heterocycles. The lowest BCUT2D eigenvalue weighted by Crippen LogP contribution is -2.23. The summed E-state index contributed by atoms with van der Waals surface area (Å²) in [5, 5.41) is 0. The first kappa shape index (κ1) is 23.5. The van der Waals surface area contributed by atoms with E-state index in [2.05, 4.69) is 26.0 Å². The second kappa shape index (κ2) is 14.2. The van der Waals surface area contributed by atoms with Gasteiger partial charge in [-0.1, -0.05) is 83.8 Å². The maximum Gasteiger partial charge on any atom is 0.308 e. The van der Waals surface area contributed by atoms with E-state index in [0.717, 1.165) is 50.4 Å². The Morgan fingerprint density at radius 3 is 2.11 bits per heavy atom. The highest BCUT2D eigenvalue weighted by molar-refractivity contribution is 5.72. The van der Waals surface area contributed by atoms with E-state index in [0.29, 0.717) is 12.5 Å². The fraction of sp³-hybridized carbons (Fsp3) is 0.885. The molecule has 0 atom stereocenters. The van der Waals surface area contributed by atoms with Crippen molar-refractivity contribution in [2.75, 3.05) is 6.61 Å². The summed E-state index contributed by atoms with van der Waals surface area (Å²) in [5.74, 6) is 2.91. The maximum atomic E-state index is 12.1. The molecule has 162 valence electrons. The van der Waals surface area contributed by atoms with Crippen LogP contribution in [0.15, 0.2) is 12.2 Å². The Morgan fingerprint density at radius 2 is 1.46 bits per heavy atom. The molecule has 2 fully saturated rings. The van der Waals surface area contributed by atoms with Crippen LogP contribution in [0, 0.1) is 23.7 Å². The Bertz CT molecular complexity index is 426. The van der Waals surface area contributed by atoms with Crippen LogP contribution in [0.5, 0.6) is 0 Å². The number of hydrogen-bond donors (Lipinski definition) is 0. The molecule has 2 aliphatic rings. The molecule has 0 aromatic rings. The second-order valence-electron chi connectivity index (χ2n) is 9.52. The number of rotatable bonds is 12. The Hall–Kier alpha value is -0.790. The van der Waals surface area contributed by atoms with Crippen molar-refractivity contribution in [3.8, 4) is 0 Å². The quantitative estimate of drug-likeness (QED) is 0.192. The van der Waals surface area contributed by atoms with Crippen LogP contribution in [-0.2, 0) is 9.53 Å². The molecule has 0 N–H and O–H groups in total. The number of carbonyl (C=O) groups excluding carboxylic acids is 1. The Labute approximate surface area is 174 Å². The Balaban J connectivity index is 1.52. The molecule has 2 saturated carbocycles. The SMILES string of the molecule is CCCCCOC(=O)C1CCC(/C=C/CCC2CCC(CCCC)CC2)CC1. The summed E-state index contributed by atoms with van der Waals surface area (Å²) in [6.45, 7) is 5.10. The van der Waals surface area contributed by atoms with E-state index in [1.54, 1.807) is 0 Å². The summed E-state index contributed by atoms with van der Waals surface area (Å²) in [7, 11) is 0. The molecule has 2 aliphatic carbocycles. The predicted molar refractivity (Wildman–Crippen MR) is 119 cm³/mol. The summed E-state index contributed by atoms with van der Waals surface area (Å²) < 4.78 is 5.46. The number of esters is 1. The minimum absolute atomic E-state index is 0.0630. The van der Waals surface area contributed by atoms with E-state index < -0.39 is 0 Å². The monoisotopic (exact) mass is 390 g/mol. The lowest BCUT2D eigenvalue weighted by atomic mass is 9.78.